The topological polar surface area (TPSA) is 79.0 Å². The first-order valence-corrected chi connectivity index (χ1v) is 9.89. The molecule has 7 nitrogen and oxygen atoms in total. The van der Waals surface area contributed by atoms with Gasteiger partial charge < -0.3 is 9.30 Å². The summed E-state index contributed by atoms with van der Waals surface area (Å²) >= 11 is 12.0. The van der Waals surface area contributed by atoms with E-state index in [1.807, 2.05) is 12.1 Å². The van der Waals surface area contributed by atoms with Crippen molar-refractivity contribution in [3.63, 3.8) is 0 Å². The zero-order chi connectivity index (χ0) is 21.3. The zero-order valence-electron chi connectivity index (χ0n) is 15.9. The lowest BCUT2D eigenvalue weighted by Gasteiger charge is -2.12. The number of ether oxygens (including phenoxy) is 1. The Balaban J connectivity index is 1.77. The molecule has 2 aromatic carbocycles. The second-order valence-corrected chi connectivity index (χ2v) is 7.39. The van der Waals surface area contributed by atoms with Crippen LogP contribution in [0.25, 0.3) is 16.6 Å². The summed E-state index contributed by atoms with van der Waals surface area (Å²) in [4.78, 5) is 25.1. The van der Waals surface area contributed by atoms with Crippen LogP contribution in [0.1, 0.15) is 23.0 Å². The van der Waals surface area contributed by atoms with E-state index in [0.29, 0.717) is 33.2 Å². The van der Waals surface area contributed by atoms with E-state index < -0.39 is 11.4 Å². The fraction of sp³-hybridized carbons (Fsp3) is 0.143. The number of rotatable bonds is 5. The molecule has 0 amide bonds. The van der Waals surface area contributed by atoms with Crippen LogP contribution in [0.4, 0.5) is 0 Å². The molecule has 152 valence electrons. The van der Waals surface area contributed by atoms with Crippen molar-refractivity contribution in [3.8, 4) is 5.69 Å². The smallest absolute Gasteiger partial charge is 0.343 e. The van der Waals surface area contributed by atoms with Crippen LogP contribution >= 0.6 is 23.2 Å². The average molecular weight is 443 g/mol. The quantitative estimate of drug-likeness (QED) is 0.434. The van der Waals surface area contributed by atoms with Crippen LogP contribution in [0.5, 0.6) is 0 Å². The van der Waals surface area contributed by atoms with Gasteiger partial charge in [-0.15, -0.1) is 5.10 Å². The predicted octanol–water partition coefficient (Wildman–Crippen LogP) is 4.11. The summed E-state index contributed by atoms with van der Waals surface area (Å²) in [5.41, 5.74) is 1.59. The lowest BCUT2D eigenvalue weighted by atomic mass is 10.1. The van der Waals surface area contributed by atoms with E-state index >= 15 is 0 Å². The van der Waals surface area contributed by atoms with Gasteiger partial charge in [0.05, 0.1) is 30.6 Å². The third kappa shape index (κ3) is 3.94. The summed E-state index contributed by atoms with van der Waals surface area (Å²) in [6, 6.07) is 12.2. The summed E-state index contributed by atoms with van der Waals surface area (Å²) < 4.78 is 8.42. The number of hydrogen-bond donors (Lipinski definition) is 0. The van der Waals surface area contributed by atoms with Gasteiger partial charge in [-0.25, -0.2) is 9.48 Å². The Labute approximate surface area is 181 Å². The minimum absolute atomic E-state index is 0.0586. The van der Waals surface area contributed by atoms with Crippen molar-refractivity contribution < 1.29 is 9.53 Å². The Bertz CT molecular complexity index is 1300. The van der Waals surface area contributed by atoms with Crippen molar-refractivity contribution >= 4 is 40.1 Å². The average Bonchev–Trinajstić information content (AvgIpc) is 3.19. The van der Waals surface area contributed by atoms with Crippen LogP contribution in [0.3, 0.4) is 0 Å². The van der Waals surface area contributed by atoms with Crippen LogP contribution < -0.4 is 5.43 Å². The van der Waals surface area contributed by atoms with Gasteiger partial charge in [-0.2, -0.15) is 0 Å². The van der Waals surface area contributed by atoms with E-state index in [9.17, 15) is 9.59 Å². The molecule has 30 heavy (non-hydrogen) atoms. The Hall–Kier alpha value is -3.16. The highest BCUT2D eigenvalue weighted by atomic mass is 35.5. The molecule has 0 aliphatic rings. The van der Waals surface area contributed by atoms with E-state index in [1.165, 1.54) is 6.20 Å². The minimum Gasteiger partial charge on any atom is -0.462 e. The number of carbonyl (C=O) groups excluding carboxylic acids is 1. The molecule has 0 unspecified atom stereocenters. The third-order valence-corrected chi connectivity index (χ3v) is 4.99. The van der Waals surface area contributed by atoms with E-state index in [0.717, 1.165) is 5.69 Å². The molecule has 0 radical (unpaired) electrons. The van der Waals surface area contributed by atoms with E-state index in [4.69, 9.17) is 27.9 Å². The third-order valence-electron chi connectivity index (χ3n) is 4.50. The van der Waals surface area contributed by atoms with Gasteiger partial charge in [0.15, 0.2) is 0 Å². The largest absolute Gasteiger partial charge is 0.462 e. The summed E-state index contributed by atoms with van der Waals surface area (Å²) in [5, 5.41) is 9.72. The number of benzene rings is 2. The molecular formula is C21H16Cl2N4O3. The molecule has 0 N–H and O–H groups in total. The van der Waals surface area contributed by atoms with Crippen LogP contribution in [-0.4, -0.2) is 32.1 Å². The molecule has 0 atom stereocenters. The highest BCUT2D eigenvalue weighted by molar-refractivity contribution is 6.31. The fourth-order valence-electron chi connectivity index (χ4n) is 3.12. The molecule has 9 heteroatoms. The molecule has 0 aliphatic carbocycles. The Morgan fingerprint density at radius 1 is 1.07 bits per heavy atom. The van der Waals surface area contributed by atoms with Crippen molar-refractivity contribution in [2.45, 2.75) is 13.5 Å². The van der Waals surface area contributed by atoms with Crippen molar-refractivity contribution in [2.24, 2.45) is 0 Å². The molecule has 0 saturated carbocycles. The molecule has 0 bridgehead atoms. The molecular weight excluding hydrogens is 427 g/mol. The van der Waals surface area contributed by atoms with E-state index in [1.54, 1.807) is 52.7 Å². The van der Waals surface area contributed by atoms with Gasteiger partial charge in [0.2, 0.25) is 5.43 Å². The van der Waals surface area contributed by atoms with Crippen molar-refractivity contribution in [1.29, 1.82) is 0 Å². The molecule has 2 heterocycles. The van der Waals surface area contributed by atoms with E-state index in [-0.39, 0.29) is 12.2 Å². The van der Waals surface area contributed by atoms with Gasteiger partial charge >= 0.3 is 5.97 Å². The lowest BCUT2D eigenvalue weighted by Crippen LogP contribution is -2.21. The molecule has 0 fully saturated rings. The predicted molar refractivity (Wildman–Crippen MR) is 115 cm³/mol. The summed E-state index contributed by atoms with van der Waals surface area (Å²) in [6.07, 6.45) is 3.25. The number of nitrogens with zero attached hydrogens (tertiary/aromatic N) is 4. The molecule has 2 aromatic heterocycles. The summed E-state index contributed by atoms with van der Waals surface area (Å²) in [6.45, 7) is 2.14. The van der Waals surface area contributed by atoms with Crippen LogP contribution in [0.15, 0.2) is 59.7 Å². The van der Waals surface area contributed by atoms with Crippen molar-refractivity contribution in [3.05, 3.63) is 86.4 Å². The second kappa shape index (κ2) is 8.30. The monoisotopic (exact) mass is 442 g/mol. The highest BCUT2D eigenvalue weighted by Gasteiger charge is 2.17. The number of fused-ring (bicyclic) bond motifs is 1. The van der Waals surface area contributed by atoms with Gasteiger partial charge in [-0.05, 0) is 49.4 Å². The number of esters is 1. The first-order valence-electron chi connectivity index (χ1n) is 9.13. The summed E-state index contributed by atoms with van der Waals surface area (Å²) in [5.74, 6) is -0.678. The molecule has 0 aliphatic heterocycles. The normalized spacial score (nSPS) is 11.0. The zero-order valence-corrected chi connectivity index (χ0v) is 17.4. The van der Waals surface area contributed by atoms with Gasteiger partial charge in [0.1, 0.15) is 11.3 Å². The standard InChI is InChI=1S/C21H16Cl2N4O3/c1-2-30-21(29)18-12-26(19-8-5-14(23)9-17(19)20(18)28)10-15-11-27(25-24-15)16-6-3-13(22)4-7-16/h3-9,11-12H,2,10H2,1H3. The number of hydrogen-bond acceptors (Lipinski definition) is 5. The second-order valence-electron chi connectivity index (χ2n) is 6.51. The Kier molecular flexibility index (Phi) is 5.57. The maximum atomic E-state index is 12.8. The molecule has 0 spiro atoms. The molecule has 0 saturated heterocycles. The Morgan fingerprint density at radius 3 is 2.53 bits per heavy atom. The number of aromatic nitrogens is 4. The first-order chi connectivity index (χ1) is 14.5. The van der Waals surface area contributed by atoms with Crippen LogP contribution in [-0.2, 0) is 11.3 Å². The highest BCUT2D eigenvalue weighted by Crippen LogP contribution is 2.19. The van der Waals surface area contributed by atoms with Crippen molar-refractivity contribution in [2.75, 3.05) is 6.61 Å². The van der Waals surface area contributed by atoms with Crippen LogP contribution in [0, 0.1) is 0 Å². The molecule has 4 rings (SSSR count). The number of carbonyl (C=O) groups is 1. The maximum Gasteiger partial charge on any atom is 0.343 e. The lowest BCUT2D eigenvalue weighted by molar-refractivity contribution is 0.0524. The number of halogens is 2. The summed E-state index contributed by atoms with van der Waals surface area (Å²) in [7, 11) is 0. The van der Waals surface area contributed by atoms with Gasteiger partial charge in [0, 0.05) is 21.6 Å². The van der Waals surface area contributed by atoms with Gasteiger partial charge in [-0.3, -0.25) is 4.79 Å². The fourth-order valence-corrected chi connectivity index (χ4v) is 3.42. The van der Waals surface area contributed by atoms with E-state index in [2.05, 4.69) is 10.3 Å². The maximum absolute atomic E-state index is 12.8. The van der Waals surface area contributed by atoms with Crippen LogP contribution in [0.2, 0.25) is 10.0 Å². The first kappa shape index (κ1) is 20.1. The SMILES string of the molecule is CCOC(=O)c1cn(Cc2cn(-c3ccc(Cl)cc3)nn2)c2ccc(Cl)cc2c1=O. The van der Waals surface area contributed by atoms with Gasteiger partial charge in [-0.1, -0.05) is 28.4 Å². The minimum atomic E-state index is -0.678. The van der Waals surface area contributed by atoms with Crippen molar-refractivity contribution in [1.82, 2.24) is 19.6 Å². The number of pyridine rings is 1. The molecule has 4 aromatic rings. The Morgan fingerprint density at radius 2 is 1.80 bits per heavy atom. The van der Waals surface area contributed by atoms with Gasteiger partial charge in [0.25, 0.3) is 0 Å².